The Labute approximate surface area is 159 Å². The molecule has 26 heavy (non-hydrogen) atoms. The van der Waals surface area contributed by atoms with Crippen LogP contribution in [0.15, 0.2) is 35.7 Å². The van der Waals surface area contributed by atoms with Gasteiger partial charge in [0.2, 0.25) is 5.91 Å². The molecule has 0 aliphatic carbocycles. The number of rotatable bonds is 8. The molecule has 140 valence electrons. The van der Waals surface area contributed by atoms with E-state index in [1.807, 2.05) is 62.9 Å². The fraction of sp³-hybridized carbons (Fsp3) is 0.450. The zero-order valence-electron chi connectivity index (χ0n) is 15.9. The molecule has 0 unspecified atom stereocenters. The number of hydrogen-bond donors (Lipinski definition) is 1. The highest BCUT2D eigenvalue weighted by Gasteiger charge is 2.20. The molecular formula is C20H27N3O2S. The largest absolute Gasteiger partial charge is 0.349 e. The minimum atomic E-state index is -0.172. The monoisotopic (exact) mass is 373 g/mol. The highest BCUT2D eigenvalue weighted by molar-refractivity contribution is 7.09. The predicted molar refractivity (Wildman–Crippen MR) is 105 cm³/mol. The summed E-state index contributed by atoms with van der Waals surface area (Å²) in [6, 6.07) is 10.2. The number of nitrogens with one attached hydrogen (secondary N) is 1. The number of hydrogen-bond acceptors (Lipinski definition) is 4. The van der Waals surface area contributed by atoms with Gasteiger partial charge in [0, 0.05) is 23.9 Å². The van der Waals surface area contributed by atoms with E-state index in [1.54, 1.807) is 5.38 Å². The first-order chi connectivity index (χ1) is 12.4. The quantitative estimate of drug-likeness (QED) is 0.768. The minimum absolute atomic E-state index is 0.0689. The minimum Gasteiger partial charge on any atom is -0.349 e. The van der Waals surface area contributed by atoms with Crippen LogP contribution in [-0.2, 0) is 17.8 Å². The molecule has 1 aromatic carbocycles. The molecule has 0 bridgehead atoms. The normalized spacial score (nSPS) is 11.0. The molecule has 2 amide bonds. The highest BCUT2D eigenvalue weighted by atomic mass is 32.1. The molecule has 0 fully saturated rings. The molecule has 2 rings (SSSR count). The van der Waals surface area contributed by atoms with E-state index in [1.165, 1.54) is 11.3 Å². The van der Waals surface area contributed by atoms with Crippen LogP contribution >= 0.6 is 11.3 Å². The molecule has 1 aromatic heterocycles. The number of thiazole rings is 1. The van der Waals surface area contributed by atoms with Gasteiger partial charge in [-0.05, 0) is 39.7 Å². The maximum Gasteiger partial charge on any atom is 0.270 e. The van der Waals surface area contributed by atoms with E-state index in [-0.39, 0.29) is 23.9 Å². The lowest BCUT2D eigenvalue weighted by molar-refractivity contribution is -0.133. The van der Waals surface area contributed by atoms with Crippen LogP contribution in [0.25, 0.3) is 0 Å². The molecule has 0 aliphatic rings. The average molecular weight is 374 g/mol. The number of carbonyl (C=O) groups excluding carboxylic acids is 2. The molecule has 0 spiro atoms. The Morgan fingerprint density at radius 2 is 1.85 bits per heavy atom. The van der Waals surface area contributed by atoms with E-state index in [0.29, 0.717) is 18.7 Å². The van der Waals surface area contributed by atoms with Crippen LogP contribution in [-0.4, -0.2) is 33.8 Å². The van der Waals surface area contributed by atoms with Gasteiger partial charge in [0.05, 0.1) is 6.54 Å². The highest BCUT2D eigenvalue weighted by Crippen LogP contribution is 2.16. The molecule has 0 aliphatic heterocycles. The van der Waals surface area contributed by atoms with E-state index >= 15 is 0 Å². The van der Waals surface area contributed by atoms with Crippen LogP contribution in [0.1, 0.15) is 55.2 Å². The lowest BCUT2D eigenvalue weighted by Crippen LogP contribution is -2.36. The van der Waals surface area contributed by atoms with Gasteiger partial charge in [-0.1, -0.05) is 30.3 Å². The maximum absolute atomic E-state index is 12.7. The van der Waals surface area contributed by atoms with Crippen molar-refractivity contribution in [2.75, 3.05) is 0 Å². The fourth-order valence-corrected chi connectivity index (χ4v) is 3.34. The Morgan fingerprint density at radius 1 is 1.15 bits per heavy atom. The summed E-state index contributed by atoms with van der Waals surface area (Å²) < 4.78 is 0. The molecule has 0 atom stereocenters. The number of benzene rings is 1. The number of nitrogens with zero attached hydrogens (tertiary/aromatic N) is 2. The zero-order chi connectivity index (χ0) is 19.1. The van der Waals surface area contributed by atoms with Crippen molar-refractivity contribution < 1.29 is 9.59 Å². The van der Waals surface area contributed by atoms with E-state index < -0.39 is 0 Å². The van der Waals surface area contributed by atoms with Crippen molar-refractivity contribution in [1.29, 1.82) is 0 Å². The summed E-state index contributed by atoms with van der Waals surface area (Å²) in [6.07, 6.45) is 1.19. The summed E-state index contributed by atoms with van der Waals surface area (Å²) in [6.45, 7) is 8.26. The van der Waals surface area contributed by atoms with Gasteiger partial charge in [-0.15, -0.1) is 11.3 Å². The molecule has 0 radical (unpaired) electrons. The van der Waals surface area contributed by atoms with Crippen molar-refractivity contribution in [3.8, 4) is 0 Å². The first kappa shape index (κ1) is 20.1. The van der Waals surface area contributed by atoms with Gasteiger partial charge in [-0.3, -0.25) is 9.59 Å². The zero-order valence-corrected chi connectivity index (χ0v) is 16.7. The van der Waals surface area contributed by atoms with Crippen LogP contribution in [0.5, 0.6) is 0 Å². The van der Waals surface area contributed by atoms with Crippen molar-refractivity contribution in [2.45, 2.75) is 59.2 Å². The average Bonchev–Trinajstić information content (AvgIpc) is 3.06. The summed E-state index contributed by atoms with van der Waals surface area (Å²) in [5.74, 6) is -0.0683. The van der Waals surface area contributed by atoms with Crippen molar-refractivity contribution in [3.63, 3.8) is 0 Å². The Bertz CT molecular complexity index is 726. The van der Waals surface area contributed by atoms with Gasteiger partial charge >= 0.3 is 0 Å². The summed E-state index contributed by atoms with van der Waals surface area (Å²) >= 11 is 1.42. The third kappa shape index (κ3) is 5.95. The number of carbonyl (C=O) groups is 2. The lowest BCUT2D eigenvalue weighted by atomic mass is 10.1. The standard InChI is InChI=1S/C20H27N3O2S/c1-14(2)21-20(25)17-13-26-18(22-17)12-23(15(3)4)19(24)11-10-16-8-6-5-7-9-16/h5-9,13-15H,10-12H2,1-4H3,(H,21,25). The van der Waals surface area contributed by atoms with Crippen molar-refractivity contribution in [3.05, 3.63) is 52.0 Å². The SMILES string of the molecule is CC(C)NC(=O)c1csc(CN(C(=O)CCc2ccccc2)C(C)C)n1. The molecule has 6 heteroatoms. The number of amides is 2. The molecule has 5 nitrogen and oxygen atoms in total. The number of aromatic nitrogens is 1. The van der Waals surface area contributed by atoms with Gasteiger partial charge < -0.3 is 10.2 Å². The van der Waals surface area contributed by atoms with Crippen LogP contribution in [0.3, 0.4) is 0 Å². The Kier molecular flexibility index (Phi) is 7.33. The third-order valence-corrected chi connectivity index (χ3v) is 4.76. The van der Waals surface area contributed by atoms with Crippen molar-refractivity contribution in [1.82, 2.24) is 15.2 Å². The van der Waals surface area contributed by atoms with Gasteiger partial charge in [-0.25, -0.2) is 4.98 Å². The molecular weight excluding hydrogens is 346 g/mol. The van der Waals surface area contributed by atoms with E-state index in [0.717, 1.165) is 17.0 Å². The van der Waals surface area contributed by atoms with Gasteiger partial charge in [-0.2, -0.15) is 0 Å². The van der Waals surface area contributed by atoms with Gasteiger partial charge in [0.25, 0.3) is 5.91 Å². The Morgan fingerprint density at radius 3 is 2.46 bits per heavy atom. The molecule has 1 heterocycles. The van der Waals surface area contributed by atoms with Crippen LogP contribution in [0, 0.1) is 0 Å². The Hall–Kier alpha value is -2.21. The van der Waals surface area contributed by atoms with Crippen molar-refractivity contribution >= 4 is 23.2 Å². The first-order valence-corrected chi connectivity index (χ1v) is 9.83. The third-order valence-electron chi connectivity index (χ3n) is 3.92. The summed E-state index contributed by atoms with van der Waals surface area (Å²) in [5.41, 5.74) is 1.57. The van der Waals surface area contributed by atoms with Crippen LogP contribution in [0.4, 0.5) is 0 Å². The second-order valence-corrected chi connectivity index (χ2v) is 7.80. The van der Waals surface area contributed by atoms with E-state index in [4.69, 9.17) is 0 Å². The summed E-state index contributed by atoms with van der Waals surface area (Å²) in [5, 5.41) is 5.36. The second-order valence-electron chi connectivity index (χ2n) is 6.86. The second kappa shape index (κ2) is 9.48. The van der Waals surface area contributed by atoms with Crippen molar-refractivity contribution in [2.24, 2.45) is 0 Å². The molecule has 2 aromatic rings. The molecule has 0 saturated heterocycles. The lowest BCUT2D eigenvalue weighted by Gasteiger charge is -2.26. The molecule has 0 saturated carbocycles. The fourth-order valence-electron chi connectivity index (χ4n) is 2.57. The van der Waals surface area contributed by atoms with E-state index in [9.17, 15) is 9.59 Å². The topological polar surface area (TPSA) is 62.3 Å². The van der Waals surface area contributed by atoms with Gasteiger partial charge in [0.1, 0.15) is 10.7 Å². The van der Waals surface area contributed by atoms with Crippen LogP contribution < -0.4 is 5.32 Å². The van der Waals surface area contributed by atoms with Crippen LogP contribution in [0.2, 0.25) is 0 Å². The Balaban J connectivity index is 1.98. The first-order valence-electron chi connectivity index (χ1n) is 8.95. The maximum atomic E-state index is 12.7. The summed E-state index contributed by atoms with van der Waals surface area (Å²) in [4.78, 5) is 30.9. The smallest absolute Gasteiger partial charge is 0.270 e. The van der Waals surface area contributed by atoms with Gasteiger partial charge in [0.15, 0.2) is 0 Å². The molecule has 1 N–H and O–H groups in total. The predicted octanol–water partition coefficient (Wildman–Crippen LogP) is 3.65. The number of aryl methyl sites for hydroxylation is 1. The van der Waals surface area contributed by atoms with E-state index in [2.05, 4.69) is 10.3 Å². The summed E-state index contributed by atoms with van der Waals surface area (Å²) in [7, 11) is 0.